The zero-order chi connectivity index (χ0) is 15.4. The summed E-state index contributed by atoms with van der Waals surface area (Å²) in [5.41, 5.74) is 7.33. The molecule has 5 nitrogen and oxygen atoms in total. The van der Waals surface area contributed by atoms with E-state index >= 15 is 0 Å². The van der Waals surface area contributed by atoms with E-state index in [1.54, 1.807) is 6.92 Å². The molecule has 0 radical (unpaired) electrons. The molecule has 1 fully saturated rings. The van der Waals surface area contributed by atoms with Crippen LogP contribution in [0.4, 0.5) is 5.00 Å². The summed E-state index contributed by atoms with van der Waals surface area (Å²) >= 11 is 1.37. The largest absolute Gasteiger partial charge is 0.462 e. The fourth-order valence-corrected chi connectivity index (χ4v) is 3.25. The first kappa shape index (κ1) is 16.0. The highest BCUT2D eigenvalue weighted by Gasteiger charge is 2.32. The lowest BCUT2D eigenvalue weighted by Crippen LogP contribution is -2.35. The number of ether oxygens (including phenoxy) is 1. The van der Waals surface area contributed by atoms with E-state index in [9.17, 15) is 9.59 Å². The molecule has 0 unspecified atom stereocenters. The number of carbonyl (C=O) groups excluding carboxylic acids is 2. The minimum absolute atomic E-state index is 0.244. The second-order valence-corrected chi connectivity index (χ2v) is 6.15. The number of hydrogen-bond donors (Lipinski definition) is 2. The molecular weight excluding hydrogens is 288 g/mol. The molecule has 6 heteroatoms. The number of rotatable bonds is 7. The molecule has 2 rings (SSSR count). The monoisotopic (exact) mass is 310 g/mol. The van der Waals surface area contributed by atoms with Gasteiger partial charge in [0.25, 0.3) is 0 Å². The second kappa shape index (κ2) is 7.04. The van der Waals surface area contributed by atoms with Crippen molar-refractivity contribution in [1.29, 1.82) is 0 Å². The third-order valence-electron chi connectivity index (χ3n) is 3.49. The normalized spacial score (nSPS) is 15.6. The number of nitrogens with one attached hydrogen (secondary N) is 1. The number of carbonyl (C=O) groups is 2. The Morgan fingerprint density at radius 3 is 2.76 bits per heavy atom. The number of hydrogen-bond acceptors (Lipinski definition) is 5. The van der Waals surface area contributed by atoms with E-state index in [0.717, 1.165) is 24.8 Å². The van der Waals surface area contributed by atoms with Gasteiger partial charge in [0.05, 0.1) is 18.2 Å². The van der Waals surface area contributed by atoms with E-state index < -0.39 is 6.04 Å². The summed E-state index contributed by atoms with van der Waals surface area (Å²) in [5.74, 6) is -0.178. The maximum Gasteiger partial charge on any atom is 0.341 e. The van der Waals surface area contributed by atoms with Gasteiger partial charge in [-0.15, -0.1) is 11.3 Å². The van der Waals surface area contributed by atoms with Gasteiger partial charge in [-0.05, 0) is 43.0 Å². The summed E-state index contributed by atoms with van der Waals surface area (Å²) in [4.78, 5) is 24.2. The van der Waals surface area contributed by atoms with Crippen LogP contribution < -0.4 is 11.1 Å². The quantitative estimate of drug-likeness (QED) is 0.759. The smallest absolute Gasteiger partial charge is 0.341 e. The second-order valence-electron chi connectivity index (χ2n) is 5.27. The first-order valence-corrected chi connectivity index (χ1v) is 8.31. The molecule has 0 aromatic carbocycles. The summed E-state index contributed by atoms with van der Waals surface area (Å²) in [7, 11) is 0. The highest BCUT2D eigenvalue weighted by Crippen LogP contribution is 2.46. The molecule has 116 valence electrons. The summed E-state index contributed by atoms with van der Waals surface area (Å²) in [6.07, 6.45) is 3.65. The zero-order valence-electron chi connectivity index (χ0n) is 12.5. The van der Waals surface area contributed by atoms with Crippen LogP contribution in [0.3, 0.4) is 0 Å². The average molecular weight is 310 g/mol. The van der Waals surface area contributed by atoms with Crippen LogP contribution in [0.25, 0.3) is 0 Å². The summed E-state index contributed by atoms with van der Waals surface area (Å²) in [6.45, 7) is 4.07. The number of amides is 1. The standard InChI is InChI=1S/C15H22N2O3S/c1-3-5-11(16)13(18)17-14-12(15(19)20-4-2)10(8-21-14)9-6-7-9/h8-9,11H,3-7,16H2,1-2H3,(H,17,18)/t11-/m1/s1. The highest BCUT2D eigenvalue weighted by molar-refractivity contribution is 7.15. The molecule has 21 heavy (non-hydrogen) atoms. The third-order valence-corrected chi connectivity index (χ3v) is 4.40. The van der Waals surface area contributed by atoms with Gasteiger partial charge in [0.1, 0.15) is 5.00 Å². The summed E-state index contributed by atoms with van der Waals surface area (Å²) in [6, 6.07) is -0.545. The Morgan fingerprint density at radius 1 is 1.48 bits per heavy atom. The van der Waals surface area contributed by atoms with E-state index in [4.69, 9.17) is 10.5 Å². The molecule has 0 spiro atoms. The van der Waals surface area contributed by atoms with Crippen LogP contribution in [0.1, 0.15) is 61.4 Å². The average Bonchev–Trinajstić information content (AvgIpc) is 3.20. The van der Waals surface area contributed by atoms with Gasteiger partial charge in [0.2, 0.25) is 5.91 Å². The number of nitrogens with two attached hydrogens (primary N) is 1. The Balaban J connectivity index is 2.18. The van der Waals surface area contributed by atoms with Gasteiger partial charge in [-0.25, -0.2) is 4.79 Å². The van der Waals surface area contributed by atoms with Gasteiger partial charge >= 0.3 is 5.97 Å². The van der Waals surface area contributed by atoms with Crippen LogP contribution in [0.2, 0.25) is 0 Å². The highest BCUT2D eigenvalue weighted by atomic mass is 32.1. The van der Waals surface area contributed by atoms with Crippen LogP contribution in [0.15, 0.2) is 5.38 Å². The van der Waals surface area contributed by atoms with Crippen molar-refractivity contribution in [2.24, 2.45) is 5.73 Å². The molecule has 1 atom stereocenters. The molecule has 1 aliphatic rings. The van der Waals surface area contributed by atoms with E-state index in [-0.39, 0.29) is 11.9 Å². The van der Waals surface area contributed by atoms with E-state index in [2.05, 4.69) is 5.32 Å². The molecule has 1 aliphatic carbocycles. The number of thiophene rings is 1. The lowest BCUT2D eigenvalue weighted by atomic mass is 10.1. The molecule has 1 heterocycles. The van der Waals surface area contributed by atoms with Crippen molar-refractivity contribution in [2.45, 2.75) is 51.5 Å². The minimum atomic E-state index is -0.545. The van der Waals surface area contributed by atoms with Crippen molar-refractivity contribution >= 4 is 28.2 Å². The predicted molar refractivity (Wildman–Crippen MR) is 83.8 cm³/mol. The van der Waals surface area contributed by atoms with Gasteiger partial charge in [-0.1, -0.05) is 13.3 Å². The Hall–Kier alpha value is -1.40. The molecule has 1 aromatic heterocycles. The van der Waals surface area contributed by atoms with Gasteiger partial charge in [0, 0.05) is 0 Å². The fraction of sp³-hybridized carbons (Fsp3) is 0.600. The molecular formula is C15H22N2O3S. The Labute approximate surface area is 128 Å². The number of esters is 1. The molecule has 1 aromatic rings. The summed E-state index contributed by atoms with van der Waals surface area (Å²) in [5, 5.41) is 5.30. The molecule has 1 amide bonds. The molecule has 0 saturated heterocycles. The predicted octanol–water partition coefficient (Wildman–Crippen LogP) is 2.87. The SMILES string of the molecule is CCC[C@@H](N)C(=O)Nc1scc(C2CC2)c1C(=O)OCC. The lowest BCUT2D eigenvalue weighted by molar-refractivity contribution is -0.117. The van der Waals surface area contributed by atoms with Gasteiger partial charge in [-0.2, -0.15) is 0 Å². The summed E-state index contributed by atoms with van der Waals surface area (Å²) < 4.78 is 5.12. The fourth-order valence-electron chi connectivity index (χ4n) is 2.22. The first-order valence-electron chi connectivity index (χ1n) is 7.43. The zero-order valence-corrected chi connectivity index (χ0v) is 13.3. The van der Waals surface area contributed by atoms with Crippen LogP contribution in [-0.4, -0.2) is 24.5 Å². The van der Waals surface area contributed by atoms with Crippen LogP contribution in [-0.2, 0) is 9.53 Å². The number of anilines is 1. The Kier molecular flexibility index (Phi) is 5.36. The maximum absolute atomic E-state index is 12.2. The van der Waals surface area contributed by atoms with Crippen molar-refractivity contribution in [2.75, 3.05) is 11.9 Å². The Morgan fingerprint density at radius 2 is 2.19 bits per heavy atom. The maximum atomic E-state index is 12.2. The third kappa shape index (κ3) is 3.83. The van der Waals surface area contributed by atoms with E-state index in [0.29, 0.717) is 29.5 Å². The van der Waals surface area contributed by atoms with E-state index in [1.807, 2.05) is 12.3 Å². The van der Waals surface area contributed by atoms with Gasteiger partial charge in [-0.3, -0.25) is 4.79 Å². The molecule has 0 aliphatic heterocycles. The van der Waals surface area contributed by atoms with Gasteiger partial charge < -0.3 is 15.8 Å². The first-order chi connectivity index (χ1) is 10.1. The lowest BCUT2D eigenvalue weighted by Gasteiger charge is -2.12. The molecule has 3 N–H and O–H groups in total. The van der Waals surface area contributed by atoms with Crippen LogP contribution in [0, 0.1) is 0 Å². The minimum Gasteiger partial charge on any atom is -0.462 e. The van der Waals surface area contributed by atoms with Crippen molar-refractivity contribution < 1.29 is 14.3 Å². The van der Waals surface area contributed by atoms with Crippen molar-refractivity contribution in [1.82, 2.24) is 0 Å². The van der Waals surface area contributed by atoms with Crippen molar-refractivity contribution in [3.05, 3.63) is 16.5 Å². The van der Waals surface area contributed by atoms with Crippen molar-refractivity contribution in [3.8, 4) is 0 Å². The van der Waals surface area contributed by atoms with Crippen LogP contribution in [0.5, 0.6) is 0 Å². The topological polar surface area (TPSA) is 81.4 Å². The van der Waals surface area contributed by atoms with Crippen molar-refractivity contribution in [3.63, 3.8) is 0 Å². The molecule has 1 saturated carbocycles. The Bertz CT molecular complexity index is 523. The van der Waals surface area contributed by atoms with Crippen LogP contribution >= 0.6 is 11.3 Å². The van der Waals surface area contributed by atoms with E-state index in [1.165, 1.54) is 11.3 Å². The van der Waals surface area contributed by atoms with Gasteiger partial charge in [0.15, 0.2) is 0 Å². The molecule has 0 bridgehead atoms.